The fourth-order valence-corrected chi connectivity index (χ4v) is 3.60. The second kappa shape index (κ2) is 6.56. The molecule has 0 bridgehead atoms. The number of nitrogens with one attached hydrogen (secondary N) is 1. The maximum atomic E-state index is 12.3. The van der Waals surface area contributed by atoms with Crippen LogP contribution in [-0.4, -0.2) is 27.0 Å². The molecule has 0 heterocycles. The van der Waals surface area contributed by atoms with Gasteiger partial charge in [0.2, 0.25) is 10.0 Å². The van der Waals surface area contributed by atoms with Gasteiger partial charge in [0, 0.05) is 5.02 Å². The van der Waals surface area contributed by atoms with E-state index in [9.17, 15) is 13.2 Å². The van der Waals surface area contributed by atoms with Gasteiger partial charge in [-0.15, -0.1) is 0 Å². The monoisotopic (exact) mass is 319 g/mol. The fourth-order valence-electron chi connectivity index (χ4n) is 1.91. The van der Waals surface area contributed by atoms with E-state index >= 15 is 0 Å². The molecule has 0 aliphatic heterocycles. The van der Waals surface area contributed by atoms with Crippen LogP contribution in [0, 0.1) is 0 Å². The number of carbonyl (C=O) groups excluding carboxylic acids is 1. The van der Waals surface area contributed by atoms with Crippen LogP contribution < -0.4 is 4.72 Å². The SMILES string of the molecule is CCCC(C)(NS(=O)(=O)c1cccc(Cl)c1)C(=O)OC. The summed E-state index contributed by atoms with van der Waals surface area (Å²) in [7, 11) is -2.63. The van der Waals surface area contributed by atoms with E-state index < -0.39 is 21.5 Å². The Morgan fingerprint density at radius 2 is 2.10 bits per heavy atom. The molecule has 1 rings (SSSR count). The molecule has 1 aromatic rings. The molecular weight excluding hydrogens is 302 g/mol. The van der Waals surface area contributed by atoms with Crippen molar-refractivity contribution in [3.05, 3.63) is 29.3 Å². The number of halogens is 1. The lowest BCUT2D eigenvalue weighted by atomic mass is 9.98. The fraction of sp³-hybridized carbons (Fsp3) is 0.462. The summed E-state index contributed by atoms with van der Waals surface area (Å²) in [5.41, 5.74) is -1.30. The third-order valence-electron chi connectivity index (χ3n) is 2.85. The minimum Gasteiger partial charge on any atom is -0.468 e. The van der Waals surface area contributed by atoms with Crippen LogP contribution in [0.2, 0.25) is 5.02 Å². The van der Waals surface area contributed by atoms with Gasteiger partial charge >= 0.3 is 5.97 Å². The minimum absolute atomic E-state index is 0.0104. The molecule has 1 unspecified atom stereocenters. The van der Waals surface area contributed by atoms with Crippen molar-refractivity contribution in [3.8, 4) is 0 Å². The van der Waals surface area contributed by atoms with Gasteiger partial charge in [-0.2, -0.15) is 4.72 Å². The average Bonchev–Trinajstić information content (AvgIpc) is 2.37. The van der Waals surface area contributed by atoms with Gasteiger partial charge in [-0.1, -0.05) is 31.0 Å². The van der Waals surface area contributed by atoms with Crippen LogP contribution >= 0.6 is 11.6 Å². The first-order valence-electron chi connectivity index (χ1n) is 6.13. The summed E-state index contributed by atoms with van der Waals surface area (Å²) in [6.07, 6.45) is 0.961. The van der Waals surface area contributed by atoms with E-state index in [0.29, 0.717) is 17.9 Å². The van der Waals surface area contributed by atoms with Crippen molar-refractivity contribution in [2.75, 3.05) is 7.11 Å². The van der Waals surface area contributed by atoms with Crippen LogP contribution in [0.15, 0.2) is 29.2 Å². The van der Waals surface area contributed by atoms with E-state index in [1.165, 1.54) is 32.2 Å². The Hall–Kier alpha value is -1.11. The molecule has 0 saturated carbocycles. The molecule has 1 N–H and O–H groups in total. The van der Waals surface area contributed by atoms with Gasteiger partial charge < -0.3 is 4.74 Å². The Labute approximate surface area is 124 Å². The third kappa shape index (κ3) is 3.94. The molecule has 0 radical (unpaired) electrons. The smallest absolute Gasteiger partial charge is 0.326 e. The summed E-state index contributed by atoms with van der Waals surface area (Å²) < 4.78 is 31.7. The molecule has 0 aliphatic carbocycles. The van der Waals surface area contributed by atoms with Crippen molar-refractivity contribution in [2.24, 2.45) is 0 Å². The quantitative estimate of drug-likeness (QED) is 0.817. The van der Waals surface area contributed by atoms with E-state index in [1.54, 1.807) is 6.07 Å². The number of benzene rings is 1. The zero-order valence-electron chi connectivity index (χ0n) is 11.6. The maximum Gasteiger partial charge on any atom is 0.326 e. The molecule has 0 saturated heterocycles. The topological polar surface area (TPSA) is 72.5 Å². The summed E-state index contributed by atoms with van der Waals surface area (Å²) in [4.78, 5) is 11.8. The Balaban J connectivity index is 3.13. The Kier molecular flexibility index (Phi) is 5.56. The van der Waals surface area contributed by atoms with Gasteiger partial charge in [-0.25, -0.2) is 8.42 Å². The number of methoxy groups -OCH3 is 1. The molecule has 0 amide bonds. The van der Waals surface area contributed by atoms with Crippen molar-refractivity contribution in [2.45, 2.75) is 37.1 Å². The van der Waals surface area contributed by atoms with Crippen LogP contribution in [0.3, 0.4) is 0 Å². The summed E-state index contributed by atoms with van der Waals surface area (Å²) in [6.45, 7) is 3.36. The molecule has 7 heteroatoms. The van der Waals surface area contributed by atoms with Crippen LogP contribution in [-0.2, 0) is 19.6 Å². The lowest BCUT2D eigenvalue weighted by Crippen LogP contribution is -2.52. The van der Waals surface area contributed by atoms with E-state index in [1.807, 2.05) is 6.92 Å². The number of hydrogen-bond donors (Lipinski definition) is 1. The molecule has 0 aliphatic rings. The standard InChI is InChI=1S/C13H18ClNO4S/c1-4-8-13(2,12(16)19-3)15-20(17,18)11-7-5-6-10(14)9-11/h5-7,9,15H,4,8H2,1-3H3. The molecule has 0 spiro atoms. The maximum absolute atomic E-state index is 12.3. The second-order valence-electron chi connectivity index (χ2n) is 4.64. The molecule has 0 aromatic heterocycles. The first-order valence-corrected chi connectivity index (χ1v) is 7.99. The summed E-state index contributed by atoms with van der Waals surface area (Å²) in [6, 6.07) is 5.85. The second-order valence-corrected chi connectivity index (χ2v) is 6.76. The van der Waals surface area contributed by atoms with Crippen LogP contribution in [0.1, 0.15) is 26.7 Å². The van der Waals surface area contributed by atoms with E-state index in [4.69, 9.17) is 11.6 Å². The zero-order chi connectivity index (χ0) is 15.4. The summed E-state index contributed by atoms with van der Waals surface area (Å²) >= 11 is 5.79. The number of carbonyl (C=O) groups is 1. The van der Waals surface area contributed by atoms with Crippen molar-refractivity contribution < 1.29 is 17.9 Å². The van der Waals surface area contributed by atoms with E-state index in [-0.39, 0.29) is 4.90 Å². The Morgan fingerprint density at radius 3 is 2.60 bits per heavy atom. The highest BCUT2D eigenvalue weighted by molar-refractivity contribution is 7.89. The summed E-state index contributed by atoms with van der Waals surface area (Å²) in [5, 5.41) is 0.308. The lowest BCUT2D eigenvalue weighted by Gasteiger charge is -2.27. The van der Waals surface area contributed by atoms with Crippen LogP contribution in [0.4, 0.5) is 0 Å². The zero-order valence-corrected chi connectivity index (χ0v) is 13.2. The number of hydrogen-bond acceptors (Lipinski definition) is 4. The van der Waals surface area contributed by atoms with E-state index in [0.717, 1.165) is 0 Å². The molecule has 20 heavy (non-hydrogen) atoms. The van der Waals surface area contributed by atoms with Crippen molar-refractivity contribution in [1.82, 2.24) is 4.72 Å². The van der Waals surface area contributed by atoms with Gasteiger partial charge in [0.1, 0.15) is 5.54 Å². The molecule has 5 nitrogen and oxygen atoms in total. The highest BCUT2D eigenvalue weighted by atomic mass is 35.5. The van der Waals surface area contributed by atoms with Gasteiger partial charge in [-0.05, 0) is 31.5 Å². The molecule has 0 fully saturated rings. The van der Waals surface area contributed by atoms with Gasteiger partial charge in [0.25, 0.3) is 0 Å². The molecule has 1 atom stereocenters. The number of sulfonamides is 1. The highest BCUT2D eigenvalue weighted by Gasteiger charge is 2.38. The molecule has 1 aromatic carbocycles. The van der Waals surface area contributed by atoms with Crippen LogP contribution in [0.5, 0.6) is 0 Å². The largest absolute Gasteiger partial charge is 0.468 e. The minimum atomic E-state index is -3.85. The first kappa shape index (κ1) is 16.9. The van der Waals surface area contributed by atoms with Crippen molar-refractivity contribution in [3.63, 3.8) is 0 Å². The van der Waals surface area contributed by atoms with Crippen molar-refractivity contribution >= 4 is 27.6 Å². The predicted octanol–water partition coefficient (Wildman–Crippen LogP) is 2.35. The molecular formula is C13H18ClNO4S. The van der Waals surface area contributed by atoms with Gasteiger partial charge in [-0.3, -0.25) is 4.79 Å². The van der Waals surface area contributed by atoms with Gasteiger partial charge in [0.05, 0.1) is 12.0 Å². The number of esters is 1. The predicted molar refractivity (Wildman–Crippen MR) is 77.1 cm³/mol. The Morgan fingerprint density at radius 1 is 1.45 bits per heavy atom. The first-order chi connectivity index (χ1) is 9.25. The van der Waals surface area contributed by atoms with E-state index in [2.05, 4.69) is 9.46 Å². The number of rotatable bonds is 6. The Bertz CT molecular complexity index is 588. The highest BCUT2D eigenvalue weighted by Crippen LogP contribution is 2.21. The normalized spacial score (nSPS) is 14.6. The van der Waals surface area contributed by atoms with Crippen LogP contribution in [0.25, 0.3) is 0 Å². The summed E-state index contributed by atoms with van der Waals surface area (Å²) in [5.74, 6) is -0.620. The number of ether oxygens (including phenoxy) is 1. The third-order valence-corrected chi connectivity index (χ3v) is 4.68. The van der Waals surface area contributed by atoms with Gasteiger partial charge in [0.15, 0.2) is 0 Å². The van der Waals surface area contributed by atoms with Crippen molar-refractivity contribution in [1.29, 1.82) is 0 Å². The average molecular weight is 320 g/mol. The lowest BCUT2D eigenvalue weighted by molar-refractivity contribution is -0.147. The molecule has 112 valence electrons.